The average Bonchev–Trinajstić information content (AvgIpc) is 2.82. The number of nitrogen functional groups attached to an aromatic ring is 1. The first-order valence-electron chi connectivity index (χ1n) is 6.32. The minimum Gasteiger partial charge on any atom is -0.396 e. The summed E-state index contributed by atoms with van der Waals surface area (Å²) in [7, 11) is 0. The van der Waals surface area contributed by atoms with Gasteiger partial charge in [0.05, 0.1) is 17.6 Å². The van der Waals surface area contributed by atoms with Crippen molar-refractivity contribution in [2.45, 2.75) is 6.92 Å². The molecule has 20 heavy (non-hydrogen) atoms. The molecular weight excluding hydrogens is 361 g/mol. The number of aromatic nitrogens is 2. The number of anilines is 1. The number of rotatable bonds is 2. The molecule has 0 atom stereocenters. The van der Waals surface area contributed by atoms with Gasteiger partial charge in [-0.05, 0) is 53.3 Å². The molecule has 2 N–H and O–H groups in total. The van der Waals surface area contributed by atoms with Crippen molar-refractivity contribution in [1.29, 1.82) is 0 Å². The molecule has 3 nitrogen and oxygen atoms in total. The number of benzene rings is 2. The molecule has 0 radical (unpaired) electrons. The largest absolute Gasteiger partial charge is 0.396 e. The number of nitrogens with zero attached hydrogens (tertiary/aromatic N) is 2. The summed E-state index contributed by atoms with van der Waals surface area (Å²) in [5.74, 6) is 0. The van der Waals surface area contributed by atoms with Crippen LogP contribution in [0.15, 0.2) is 54.7 Å². The zero-order chi connectivity index (χ0) is 14.1. The quantitative estimate of drug-likeness (QED) is 0.688. The first-order chi connectivity index (χ1) is 9.65. The van der Waals surface area contributed by atoms with Crippen molar-refractivity contribution in [2.24, 2.45) is 0 Å². The minimum atomic E-state index is 0.689. The fourth-order valence-corrected chi connectivity index (χ4v) is 2.52. The predicted octanol–water partition coefficient (Wildman–Crippen LogP) is 4.03. The second-order valence-corrected chi connectivity index (χ2v) is 5.92. The van der Waals surface area contributed by atoms with Crippen LogP contribution in [-0.4, -0.2) is 9.78 Å². The number of para-hydroxylation sites is 1. The van der Waals surface area contributed by atoms with E-state index in [1.54, 1.807) is 0 Å². The van der Waals surface area contributed by atoms with Gasteiger partial charge in [-0.2, -0.15) is 5.10 Å². The van der Waals surface area contributed by atoms with E-state index < -0.39 is 0 Å². The van der Waals surface area contributed by atoms with Crippen LogP contribution in [0.2, 0.25) is 0 Å². The molecule has 3 rings (SSSR count). The van der Waals surface area contributed by atoms with Crippen LogP contribution in [0, 0.1) is 10.5 Å². The van der Waals surface area contributed by atoms with E-state index >= 15 is 0 Å². The van der Waals surface area contributed by atoms with Crippen molar-refractivity contribution in [3.8, 4) is 16.9 Å². The molecule has 0 amide bonds. The Balaban J connectivity index is 2.08. The molecule has 0 saturated carbocycles. The topological polar surface area (TPSA) is 43.8 Å². The number of halogens is 1. The van der Waals surface area contributed by atoms with E-state index in [1.165, 1.54) is 9.13 Å². The lowest BCUT2D eigenvalue weighted by Crippen LogP contribution is -1.97. The van der Waals surface area contributed by atoms with Gasteiger partial charge in [-0.1, -0.05) is 30.3 Å². The first-order valence-corrected chi connectivity index (χ1v) is 7.40. The fourth-order valence-electron chi connectivity index (χ4n) is 2.16. The van der Waals surface area contributed by atoms with Gasteiger partial charge in [0.15, 0.2) is 0 Å². The van der Waals surface area contributed by atoms with Gasteiger partial charge in [-0.3, -0.25) is 0 Å². The summed E-state index contributed by atoms with van der Waals surface area (Å²) in [4.78, 5) is 0. The van der Waals surface area contributed by atoms with Crippen molar-refractivity contribution < 1.29 is 0 Å². The maximum Gasteiger partial charge on any atom is 0.116 e. The molecule has 0 unspecified atom stereocenters. The van der Waals surface area contributed by atoms with Gasteiger partial charge in [-0.25, -0.2) is 4.68 Å². The maximum atomic E-state index is 6.11. The summed E-state index contributed by atoms with van der Waals surface area (Å²) in [6.07, 6.45) is 1.87. The molecule has 2 aromatic carbocycles. The van der Waals surface area contributed by atoms with Gasteiger partial charge in [0, 0.05) is 9.13 Å². The summed E-state index contributed by atoms with van der Waals surface area (Å²) >= 11 is 2.29. The normalized spacial score (nSPS) is 10.7. The van der Waals surface area contributed by atoms with Crippen molar-refractivity contribution in [3.63, 3.8) is 0 Å². The molecule has 4 heteroatoms. The van der Waals surface area contributed by atoms with Crippen LogP contribution < -0.4 is 5.73 Å². The van der Waals surface area contributed by atoms with E-state index in [2.05, 4.69) is 52.8 Å². The van der Waals surface area contributed by atoms with E-state index in [-0.39, 0.29) is 0 Å². The van der Waals surface area contributed by atoms with Crippen LogP contribution in [-0.2, 0) is 0 Å². The van der Waals surface area contributed by atoms with Crippen LogP contribution in [0.5, 0.6) is 0 Å². The van der Waals surface area contributed by atoms with Crippen molar-refractivity contribution >= 4 is 28.3 Å². The molecule has 1 aromatic heterocycles. The molecule has 0 aliphatic carbocycles. The molecule has 0 spiro atoms. The standard InChI is InChI=1S/C16H14IN3/c1-11-4-2-3-5-15(11)20-10-14(18)16(19-20)12-6-8-13(17)9-7-12/h2-10H,18H2,1H3. The van der Waals surface area contributed by atoms with Crippen molar-refractivity contribution in [1.82, 2.24) is 9.78 Å². The van der Waals surface area contributed by atoms with E-state index in [9.17, 15) is 0 Å². The van der Waals surface area contributed by atoms with E-state index in [0.717, 1.165) is 16.9 Å². The highest BCUT2D eigenvalue weighted by Crippen LogP contribution is 2.26. The third-order valence-electron chi connectivity index (χ3n) is 3.22. The second kappa shape index (κ2) is 5.28. The first kappa shape index (κ1) is 13.2. The van der Waals surface area contributed by atoms with Gasteiger partial charge < -0.3 is 5.73 Å². The van der Waals surface area contributed by atoms with Gasteiger partial charge in [0.2, 0.25) is 0 Å². The third kappa shape index (κ3) is 2.43. The summed E-state index contributed by atoms with van der Waals surface area (Å²) in [6, 6.07) is 16.3. The molecule has 0 bridgehead atoms. The minimum absolute atomic E-state index is 0.689. The zero-order valence-electron chi connectivity index (χ0n) is 11.0. The number of hydrogen-bond acceptors (Lipinski definition) is 2. The molecule has 3 aromatic rings. The number of nitrogens with two attached hydrogens (primary N) is 1. The Hall–Kier alpha value is -1.82. The van der Waals surface area contributed by atoms with E-state index in [4.69, 9.17) is 5.73 Å². The Morgan fingerprint density at radius 1 is 1.05 bits per heavy atom. The summed E-state index contributed by atoms with van der Waals surface area (Å²) in [5.41, 5.74) is 10.9. The predicted molar refractivity (Wildman–Crippen MR) is 90.9 cm³/mol. The Labute approximate surface area is 131 Å². The molecule has 0 aliphatic heterocycles. The Bertz CT molecular complexity index is 745. The summed E-state index contributed by atoms with van der Waals surface area (Å²) < 4.78 is 3.04. The van der Waals surface area contributed by atoms with Crippen molar-refractivity contribution in [3.05, 3.63) is 63.9 Å². The van der Waals surface area contributed by atoms with Crippen molar-refractivity contribution in [2.75, 3.05) is 5.73 Å². The highest BCUT2D eigenvalue weighted by atomic mass is 127. The maximum absolute atomic E-state index is 6.11. The second-order valence-electron chi connectivity index (χ2n) is 4.67. The van der Waals surface area contributed by atoms with Crippen LogP contribution in [0.3, 0.4) is 0 Å². The highest BCUT2D eigenvalue weighted by molar-refractivity contribution is 14.1. The van der Waals surface area contributed by atoms with Gasteiger partial charge in [0.1, 0.15) is 5.69 Å². The molecule has 0 aliphatic rings. The fraction of sp³-hybridized carbons (Fsp3) is 0.0625. The average molecular weight is 375 g/mol. The Kier molecular flexibility index (Phi) is 3.48. The molecule has 0 fully saturated rings. The smallest absolute Gasteiger partial charge is 0.116 e. The number of hydrogen-bond donors (Lipinski definition) is 1. The number of aryl methyl sites for hydroxylation is 1. The lowest BCUT2D eigenvalue weighted by molar-refractivity contribution is 0.876. The lowest BCUT2D eigenvalue weighted by atomic mass is 10.1. The van der Waals surface area contributed by atoms with E-state index in [0.29, 0.717) is 5.69 Å². The van der Waals surface area contributed by atoms with Crippen LogP contribution in [0.4, 0.5) is 5.69 Å². The van der Waals surface area contributed by atoms with Crippen LogP contribution in [0.25, 0.3) is 16.9 Å². The Morgan fingerprint density at radius 2 is 1.75 bits per heavy atom. The van der Waals surface area contributed by atoms with Crippen LogP contribution >= 0.6 is 22.6 Å². The summed E-state index contributed by atoms with van der Waals surface area (Å²) in [6.45, 7) is 2.07. The molecule has 0 saturated heterocycles. The van der Waals surface area contributed by atoms with Gasteiger partial charge in [-0.15, -0.1) is 0 Å². The molecular formula is C16H14IN3. The van der Waals surface area contributed by atoms with Gasteiger partial charge in [0.25, 0.3) is 0 Å². The Morgan fingerprint density at radius 3 is 2.45 bits per heavy atom. The highest BCUT2D eigenvalue weighted by Gasteiger charge is 2.10. The van der Waals surface area contributed by atoms with E-state index in [1.807, 2.05) is 41.2 Å². The molecule has 1 heterocycles. The zero-order valence-corrected chi connectivity index (χ0v) is 13.2. The van der Waals surface area contributed by atoms with Gasteiger partial charge >= 0.3 is 0 Å². The SMILES string of the molecule is Cc1ccccc1-n1cc(N)c(-c2ccc(I)cc2)n1. The monoisotopic (exact) mass is 375 g/mol. The molecule has 100 valence electrons. The van der Waals surface area contributed by atoms with Crippen LogP contribution in [0.1, 0.15) is 5.56 Å². The third-order valence-corrected chi connectivity index (χ3v) is 3.94. The lowest BCUT2D eigenvalue weighted by Gasteiger charge is -2.04. The summed E-state index contributed by atoms with van der Waals surface area (Å²) in [5, 5.41) is 4.63.